The van der Waals surface area contributed by atoms with Crippen molar-refractivity contribution in [1.82, 2.24) is 0 Å². The van der Waals surface area contributed by atoms with Crippen LogP contribution in [0.2, 0.25) is 0 Å². The van der Waals surface area contributed by atoms with Crippen LogP contribution in [0.5, 0.6) is 11.5 Å². The van der Waals surface area contributed by atoms with Crippen LogP contribution in [0.25, 0.3) is 0 Å². The summed E-state index contributed by atoms with van der Waals surface area (Å²) < 4.78 is 11.2. The Kier molecular flexibility index (Phi) is 3.74. The standard InChI is InChI=1S/C18H21NO2/c1-12-4-6-16(13(2)10-12)14(3)19-15-5-7-17-18(11-15)21-9-8-20-17/h4-7,10-11,14,19H,8-9H2,1-3H3. The molecule has 1 heterocycles. The highest BCUT2D eigenvalue weighted by Crippen LogP contribution is 2.34. The predicted octanol–water partition coefficient (Wildman–Crippen LogP) is 4.25. The van der Waals surface area contributed by atoms with Gasteiger partial charge in [-0.2, -0.15) is 0 Å². The molecule has 1 aliphatic heterocycles. The molecule has 0 aromatic heterocycles. The van der Waals surface area contributed by atoms with Crippen LogP contribution in [-0.4, -0.2) is 13.2 Å². The minimum Gasteiger partial charge on any atom is -0.486 e. The Morgan fingerprint density at radius 2 is 1.71 bits per heavy atom. The highest BCUT2D eigenvalue weighted by Gasteiger charge is 2.13. The smallest absolute Gasteiger partial charge is 0.163 e. The lowest BCUT2D eigenvalue weighted by atomic mass is 10.00. The lowest BCUT2D eigenvalue weighted by Gasteiger charge is -2.22. The van der Waals surface area contributed by atoms with Crippen LogP contribution in [0.4, 0.5) is 5.69 Å². The third-order valence-corrected chi connectivity index (χ3v) is 3.82. The summed E-state index contributed by atoms with van der Waals surface area (Å²) in [5.74, 6) is 1.64. The van der Waals surface area contributed by atoms with Crippen LogP contribution in [0.3, 0.4) is 0 Å². The average Bonchev–Trinajstić information content (AvgIpc) is 2.47. The van der Waals surface area contributed by atoms with Gasteiger partial charge in [-0.1, -0.05) is 23.8 Å². The van der Waals surface area contributed by atoms with Gasteiger partial charge < -0.3 is 14.8 Å². The van der Waals surface area contributed by atoms with E-state index in [4.69, 9.17) is 9.47 Å². The van der Waals surface area contributed by atoms with E-state index in [0.717, 1.165) is 17.2 Å². The van der Waals surface area contributed by atoms with Crippen LogP contribution in [0.1, 0.15) is 29.7 Å². The van der Waals surface area contributed by atoms with E-state index in [9.17, 15) is 0 Å². The Labute approximate surface area is 125 Å². The van der Waals surface area contributed by atoms with Gasteiger partial charge >= 0.3 is 0 Å². The fraction of sp³-hybridized carbons (Fsp3) is 0.333. The quantitative estimate of drug-likeness (QED) is 0.913. The summed E-state index contributed by atoms with van der Waals surface area (Å²) >= 11 is 0. The molecule has 0 spiro atoms. The molecule has 1 aliphatic rings. The molecule has 0 saturated carbocycles. The maximum atomic E-state index is 5.63. The number of hydrogen-bond acceptors (Lipinski definition) is 3. The number of anilines is 1. The van der Waals surface area contributed by atoms with Gasteiger partial charge in [0.15, 0.2) is 11.5 Å². The summed E-state index contributed by atoms with van der Waals surface area (Å²) in [6.45, 7) is 7.69. The molecule has 110 valence electrons. The maximum absolute atomic E-state index is 5.63. The minimum absolute atomic E-state index is 0.244. The van der Waals surface area contributed by atoms with Gasteiger partial charge in [0.1, 0.15) is 13.2 Å². The lowest BCUT2D eigenvalue weighted by molar-refractivity contribution is 0.171. The Morgan fingerprint density at radius 1 is 0.952 bits per heavy atom. The second-order valence-electron chi connectivity index (χ2n) is 5.58. The Morgan fingerprint density at radius 3 is 2.48 bits per heavy atom. The van der Waals surface area contributed by atoms with Gasteiger partial charge in [0.2, 0.25) is 0 Å². The van der Waals surface area contributed by atoms with Crippen LogP contribution >= 0.6 is 0 Å². The van der Waals surface area contributed by atoms with Crippen molar-refractivity contribution >= 4 is 5.69 Å². The number of fused-ring (bicyclic) bond motifs is 1. The SMILES string of the molecule is Cc1ccc(C(C)Nc2ccc3c(c2)OCCO3)c(C)c1. The molecule has 3 nitrogen and oxygen atoms in total. The van der Waals surface area contributed by atoms with E-state index in [1.807, 2.05) is 18.2 Å². The van der Waals surface area contributed by atoms with Crippen molar-refractivity contribution in [2.75, 3.05) is 18.5 Å². The van der Waals surface area contributed by atoms with Gasteiger partial charge in [0.05, 0.1) is 0 Å². The molecule has 2 aromatic rings. The zero-order valence-corrected chi connectivity index (χ0v) is 12.8. The largest absolute Gasteiger partial charge is 0.486 e. The number of benzene rings is 2. The molecule has 1 unspecified atom stereocenters. The summed E-state index contributed by atoms with van der Waals surface area (Å²) in [7, 11) is 0. The molecule has 0 fully saturated rings. The average molecular weight is 283 g/mol. The Balaban J connectivity index is 1.79. The molecular formula is C18H21NO2. The lowest BCUT2D eigenvalue weighted by Crippen LogP contribution is -2.15. The van der Waals surface area contributed by atoms with Crippen LogP contribution in [-0.2, 0) is 0 Å². The summed E-state index contributed by atoms with van der Waals surface area (Å²) in [5.41, 5.74) is 4.97. The summed E-state index contributed by atoms with van der Waals surface area (Å²) in [6, 6.07) is 12.8. The first-order valence-electron chi connectivity index (χ1n) is 7.37. The topological polar surface area (TPSA) is 30.5 Å². The van der Waals surface area contributed by atoms with Gasteiger partial charge in [-0.15, -0.1) is 0 Å². The Hall–Kier alpha value is -2.16. The van der Waals surface area contributed by atoms with E-state index >= 15 is 0 Å². The molecule has 1 atom stereocenters. The van der Waals surface area contributed by atoms with Gasteiger partial charge in [-0.3, -0.25) is 0 Å². The predicted molar refractivity (Wildman–Crippen MR) is 85.4 cm³/mol. The van der Waals surface area contributed by atoms with Gasteiger partial charge in [-0.25, -0.2) is 0 Å². The van der Waals surface area contributed by atoms with Crippen molar-refractivity contribution in [3.05, 3.63) is 53.1 Å². The first-order chi connectivity index (χ1) is 10.1. The van der Waals surface area contributed by atoms with E-state index in [1.54, 1.807) is 0 Å². The second-order valence-corrected chi connectivity index (χ2v) is 5.58. The third-order valence-electron chi connectivity index (χ3n) is 3.82. The summed E-state index contributed by atoms with van der Waals surface area (Å²) in [6.07, 6.45) is 0. The third kappa shape index (κ3) is 2.97. The van der Waals surface area contributed by atoms with E-state index in [2.05, 4.69) is 44.3 Å². The first kappa shape index (κ1) is 13.8. The van der Waals surface area contributed by atoms with Gasteiger partial charge in [0, 0.05) is 17.8 Å². The molecule has 0 bridgehead atoms. The van der Waals surface area contributed by atoms with Gasteiger partial charge in [-0.05, 0) is 44.0 Å². The second kappa shape index (κ2) is 5.68. The van der Waals surface area contributed by atoms with E-state index in [1.165, 1.54) is 16.7 Å². The molecule has 3 rings (SSSR count). The monoisotopic (exact) mass is 283 g/mol. The molecule has 0 amide bonds. The molecular weight excluding hydrogens is 262 g/mol. The number of ether oxygens (including phenoxy) is 2. The highest BCUT2D eigenvalue weighted by molar-refractivity contribution is 5.56. The first-order valence-corrected chi connectivity index (χ1v) is 7.37. The fourth-order valence-corrected chi connectivity index (χ4v) is 2.77. The van der Waals surface area contributed by atoms with Crippen LogP contribution in [0.15, 0.2) is 36.4 Å². The molecule has 21 heavy (non-hydrogen) atoms. The van der Waals surface area contributed by atoms with Crippen molar-refractivity contribution in [3.63, 3.8) is 0 Å². The normalized spacial score (nSPS) is 14.6. The summed E-state index contributed by atoms with van der Waals surface area (Å²) in [5, 5.41) is 3.53. The highest BCUT2D eigenvalue weighted by atomic mass is 16.6. The maximum Gasteiger partial charge on any atom is 0.163 e. The number of rotatable bonds is 3. The number of hydrogen-bond donors (Lipinski definition) is 1. The molecule has 3 heteroatoms. The van der Waals surface area contributed by atoms with Crippen LogP contribution < -0.4 is 14.8 Å². The van der Waals surface area contributed by atoms with Crippen molar-refractivity contribution in [3.8, 4) is 11.5 Å². The van der Waals surface area contributed by atoms with Crippen molar-refractivity contribution in [2.45, 2.75) is 26.8 Å². The summed E-state index contributed by atoms with van der Waals surface area (Å²) in [4.78, 5) is 0. The molecule has 0 saturated heterocycles. The van der Waals surface area contributed by atoms with Crippen LogP contribution in [0, 0.1) is 13.8 Å². The molecule has 0 aliphatic carbocycles. The Bertz CT molecular complexity index is 652. The molecule has 2 aromatic carbocycles. The fourth-order valence-electron chi connectivity index (χ4n) is 2.77. The van der Waals surface area contributed by atoms with E-state index < -0.39 is 0 Å². The van der Waals surface area contributed by atoms with Crippen molar-refractivity contribution < 1.29 is 9.47 Å². The minimum atomic E-state index is 0.244. The molecule has 1 N–H and O–H groups in total. The van der Waals surface area contributed by atoms with Gasteiger partial charge in [0.25, 0.3) is 0 Å². The van der Waals surface area contributed by atoms with Crippen molar-refractivity contribution in [1.29, 1.82) is 0 Å². The number of nitrogens with one attached hydrogen (secondary N) is 1. The van der Waals surface area contributed by atoms with Crippen molar-refractivity contribution in [2.24, 2.45) is 0 Å². The van der Waals surface area contributed by atoms with E-state index in [-0.39, 0.29) is 6.04 Å². The van der Waals surface area contributed by atoms with E-state index in [0.29, 0.717) is 13.2 Å². The number of aryl methyl sites for hydroxylation is 2. The zero-order valence-electron chi connectivity index (χ0n) is 12.8. The zero-order chi connectivity index (χ0) is 14.8. The molecule has 0 radical (unpaired) electrons.